The number of terminal acetylenes is 1. The van der Waals surface area contributed by atoms with Crippen LogP contribution in [0.2, 0.25) is 0 Å². The number of carbonyl (C=O) groups excluding carboxylic acids is 1. The van der Waals surface area contributed by atoms with Crippen molar-refractivity contribution < 1.29 is 17.4 Å². The van der Waals surface area contributed by atoms with Crippen LogP contribution in [0.1, 0.15) is 19.8 Å². The summed E-state index contributed by atoms with van der Waals surface area (Å²) in [6.45, 7) is 1.16. The van der Waals surface area contributed by atoms with Gasteiger partial charge in [-0.2, -0.15) is 8.42 Å². The fourth-order valence-electron chi connectivity index (χ4n) is 0.681. The fraction of sp³-hybridized carbons (Fsp3) is 0.625. The smallest absolute Gasteiger partial charge is 0.268 e. The molecule has 0 radical (unpaired) electrons. The lowest BCUT2D eigenvalue weighted by atomic mass is 10.3. The van der Waals surface area contributed by atoms with Crippen LogP contribution in [-0.4, -0.2) is 26.6 Å². The van der Waals surface area contributed by atoms with Gasteiger partial charge in [-0.05, 0) is 13.3 Å². The Labute approximate surface area is 78.4 Å². The molecular formula is C8H12O4S. The average molecular weight is 204 g/mol. The van der Waals surface area contributed by atoms with Crippen LogP contribution in [0.5, 0.6) is 0 Å². The monoisotopic (exact) mass is 204 g/mol. The number of rotatable bonds is 6. The molecule has 0 aliphatic rings. The molecule has 0 bridgehead atoms. The second-order valence-electron chi connectivity index (χ2n) is 2.53. The Morgan fingerprint density at radius 3 is 2.62 bits per heavy atom. The van der Waals surface area contributed by atoms with Gasteiger partial charge in [0.1, 0.15) is 12.4 Å². The molecular weight excluding hydrogens is 192 g/mol. The van der Waals surface area contributed by atoms with Gasteiger partial charge >= 0.3 is 0 Å². The van der Waals surface area contributed by atoms with Gasteiger partial charge < -0.3 is 4.79 Å². The lowest BCUT2D eigenvalue weighted by Crippen LogP contribution is -2.11. The third kappa shape index (κ3) is 7.50. The average Bonchev–Trinajstić information content (AvgIpc) is 2.00. The molecule has 0 N–H and O–H groups in total. The van der Waals surface area contributed by atoms with Gasteiger partial charge in [0.25, 0.3) is 10.1 Å². The van der Waals surface area contributed by atoms with Gasteiger partial charge in [0.2, 0.25) is 0 Å². The second-order valence-corrected chi connectivity index (χ2v) is 4.29. The highest BCUT2D eigenvalue weighted by atomic mass is 32.2. The minimum absolute atomic E-state index is 0.0350. The summed E-state index contributed by atoms with van der Waals surface area (Å²) < 4.78 is 26.3. The van der Waals surface area contributed by atoms with E-state index in [2.05, 4.69) is 10.1 Å². The van der Waals surface area contributed by atoms with Crippen LogP contribution in [0.3, 0.4) is 0 Å². The summed E-state index contributed by atoms with van der Waals surface area (Å²) in [6, 6.07) is 0. The number of hydrogen-bond donors (Lipinski definition) is 0. The van der Waals surface area contributed by atoms with Gasteiger partial charge in [-0.3, -0.25) is 4.18 Å². The molecule has 0 heterocycles. The molecule has 0 aliphatic carbocycles. The highest BCUT2D eigenvalue weighted by Crippen LogP contribution is 1.99. The van der Waals surface area contributed by atoms with Crippen molar-refractivity contribution in [2.24, 2.45) is 0 Å². The maximum absolute atomic E-state index is 10.9. The first kappa shape index (κ1) is 12.1. The minimum atomic E-state index is -3.53. The molecule has 74 valence electrons. The molecule has 0 aromatic heterocycles. The van der Waals surface area contributed by atoms with Crippen molar-refractivity contribution in [2.45, 2.75) is 19.8 Å². The van der Waals surface area contributed by atoms with Crippen molar-refractivity contribution in [1.82, 2.24) is 0 Å². The maximum atomic E-state index is 10.9. The first-order valence-corrected chi connectivity index (χ1v) is 5.35. The molecule has 0 saturated heterocycles. The van der Waals surface area contributed by atoms with E-state index < -0.39 is 10.1 Å². The Bertz CT molecular complexity index is 297. The molecule has 0 atom stereocenters. The summed E-state index contributed by atoms with van der Waals surface area (Å²) in [5.74, 6) is 1.86. The lowest BCUT2D eigenvalue weighted by molar-refractivity contribution is -0.117. The molecule has 4 nitrogen and oxygen atoms in total. The summed E-state index contributed by atoms with van der Waals surface area (Å²) in [5.41, 5.74) is 0. The van der Waals surface area contributed by atoms with Crippen LogP contribution in [0.15, 0.2) is 0 Å². The number of Topliss-reactive ketones (excluding diaryl/α,β-unsaturated/α-hetero) is 1. The van der Waals surface area contributed by atoms with Crippen molar-refractivity contribution >= 4 is 15.9 Å². The summed E-state index contributed by atoms with van der Waals surface area (Å²) in [7, 11) is -3.53. The molecule has 0 rings (SSSR count). The van der Waals surface area contributed by atoms with Crippen LogP contribution in [-0.2, 0) is 19.1 Å². The molecule has 0 fully saturated rings. The summed E-state index contributed by atoms with van der Waals surface area (Å²) in [5, 5.41) is 0. The largest absolute Gasteiger partial charge is 0.300 e. The number of ketones is 1. The Kier molecular flexibility index (Phi) is 5.35. The summed E-state index contributed by atoms with van der Waals surface area (Å²) in [4.78, 5) is 10.5. The molecule has 5 heteroatoms. The molecule has 0 saturated carbocycles. The van der Waals surface area contributed by atoms with Gasteiger partial charge in [-0.15, -0.1) is 6.42 Å². The SMILES string of the molecule is C#CCOS(=O)(=O)CCCC(C)=O. The summed E-state index contributed by atoms with van der Waals surface area (Å²) >= 11 is 0. The van der Waals surface area contributed by atoms with E-state index in [1.54, 1.807) is 0 Å². The van der Waals surface area contributed by atoms with E-state index in [9.17, 15) is 13.2 Å². The number of hydrogen-bond acceptors (Lipinski definition) is 4. The Hall–Kier alpha value is -0.860. The lowest BCUT2D eigenvalue weighted by Gasteiger charge is -2.00. The van der Waals surface area contributed by atoms with E-state index in [0.717, 1.165) is 0 Å². The van der Waals surface area contributed by atoms with Crippen LogP contribution in [0.4, 0.5) is 0 Å². The van der Waals surface area contributed by atoms with E-state index in [0.29, 0.717) is 0 Å². The fourth-order valence-corrected chi connectivity index (χ4v) is 1.54. The van der Waals surface area contributed by atoms with Crippen LogP contribution in [0, 0.1) is 12.3 Å². The predicted molar refractivity (Wildman–Crippen MR) is 48.5 cm³/mol. The minimum Gasteiger partial charge on any atom is -0.300 e. The van der Waals surface area contributed by atoms with Crippen molar-refractivity contribution in [2.75, 3.05) is 12.4 Å². The van der Waals surface area contributed by atoms with E-state index in [4.69, 9.17) is 6.42 Å². The number of carbonyl (C=O) groups is 1. The van der Waals surface area contributed by atoms with E-state index in [-0.39, 0.29) is 31.0 Å². The molecule has 0 aromatic rings. The second kappa shape index (κ2) is 5.73. The highest BCUT2D eigenvalue weighted by molar-refractivity contribution is 7.86. The van der Waals surface area contributed by atoms with Crippen LogP contribution in [0.25, 0.3) is 0 Å². The Morgan fingerprint density at radius 1 is 1.54 bits per heavy atom. The van der Waals surface area contributed by atoms with Gasteiger partial charge in [0.05, 0.1) is 5.75 Å². The zero-order chi connectivity index (χ0) is 10.3. The third-order valence-electron chi connectivity index (χ3n) is 1.24. The van der Waals surface area contributed by atoms with Crippen molar-refractivity contribution in [1.29, 1.82) is 0 Å². The molecule has 0 aliphatic heterocycles. The molecule has 0 amide bonds. The highest BCUT2D eigenvalue weighted by Gasteiger charge is 2.10. The normalized spacial score (nSPS) is 10.8. The quantitative estimate of drug-likeness (QED) is 0.462. The topological polar surface area (TPSA) is 60.4 Å². The van der Waals surface area contributed by atoms with E-state index in [1.807, 2.05) is 0 Å². The first-order chi connectivity index (χ1) is 5.98. The Morgan fingerprint density at radius 2 is 2.15 bits per heavy atom. The van der Waals surface area contributed by atoms with E-state index >= 15 is 0 Å². The van der Waals surface area contributed by atoms with Crippen LogP contribution < -0.4 is 0 Å². The van der Waals surface area contributed by atoms with Crippen LogP contribution >= 0.6 is 0 Å². The Balaban J connectivity index is 3.78. The van der Waals surface area contributed by atoms with E-state index in [1.165, 1.54) is 6.92 Å². The maximum Gasteiger partial charge on any atom is 0.268 e. The van der Waals surface area contributed by atoms with Crippen molar-refractivity contribution in [3.63, 3.8) is 0 Å². The third-order valence-corrected chi connectivity index (χ3v) is 2.51. The summed E-state index contributed by atoms with van der Waals surface area (Å²) in [6.07, 6.45) is 5.35. The zero-order valence-electron chi connectivity index (χ0n) is 7.45. The molecule has 0 spiro atoms. The first-order valence-electron chi connectivity index (χ1n) is 3.78. The van der Waals surface area contributed by atoms with Gasteiger partial charge in [0.15, 0.2) is 0 Å². The zero-order valence-corrected chi connectivity index (χ0v) is 8.26. The van der Waals surface area contributed by atoms with Gasteiger partial charge in [0, 0.05) is 6.42 Å². The van der Waals surface area contributed by atoms with Crippen molar-refractivity contribution in [3.8, 4) is 12.3 Å². The van der Waals surface area contributed by atoms with Gasteiger partial charge in [-0.1, -0.05) is 5.92 Å². The molecule has 0 unspecified atom stereocenters. The standard InChI is InChI=1S/C8H12O4S/c1-3-6-12-13(10,11)7-4-5-8(2)9/h1H,4-7H2,2H3. The molecule has 13 heavy (non-hydrogen) atoms. The van der Waals surface area contributed by atoms with Crippen molar-refractivity contribution in [3.05, 3.63) is 0 Å². The molecule has 0 aromatic carbocycles. The predicted octanol–water partition coefficient (Wildman–Crippen LogP) is 0.335. The van der Waals surface area contributed by atoms with Gasteiger partial charge in [-0.25, -0.2) is 0 Å².